The fraction of sp³-hybridized carbons (Fsp3) is 0.625. The first kappa shape index (κ1) is 43.6. The first-order valence-corrected chi connectivity index (χ1v) is 15.7. The molecule has 9 nitrogen and oxygen atoms in total. The van der Waals surface area contributed by atoms with Gasteiger partial charge < -0.3 is 30.8 Å². The molecule has 1 amide bonds. The third-order valence-electron chi connectivity index (χ3n) is 5.62. The van der Waals surface area contributed by atoms with E-state index in [0.717, 1.165) is 48.6 Å². The van der Waals surface area contributed by atoms with Crippen LogP contribution in [0.25, 0.3) is 10.2 Å². The molecular weight excluding hydrogens is 552 g/mol. The van der Waals surface area contributed by atoms with E-state index in [0.29, 0.717) is 30.7 Å². The molecule has 42 heavy (non-hydrogen) atoms. The number of pyridine rings is 1. The van der Waals surface area contributed by atoms with Crippen LogP contribution in [0.2, 0.25) is 0 Å². The first-order valence-electron chi connectivity index (χ1n) is 14.8. The molecule has 3 atom stereocenters. The Bertz CT molecular complexity index is 1030. The van der Waals surface area contributed by atoms with E-state index in [1.54, 1.807) is 0 Å². The minimum Gasteiger partial charge on any atom is -0.479 e. The number of likely N-dealkylation sites (N-methyl/N-ethyl adjacent to an activating group) is 1. The van der Waals surface area contributed by atoms with Gasteiger partial charge in [-0.1, -0.05) is 54.5 Å². The van der Waals surface area contributed by atoms with Crippen molar-refractivity contribution in [3.8, 4) is 5.88 Å². The Hall–Kier alpha value is -2.82. The van der Waals surface area contributed by atoms with Gasteiger partial charge >= 0.3 is 0 Å². The molecular formula is C32H58N4O5S. The number of nitrogens with two attached hydrogens (primary N) is 2. The third kappa shape index (κ3) is 19.3. The molecule has 3 heterocycles. The van der Waals surface area contributed by atoms with Crippen LogP contribution in [0.4, 0.5) is 0 Å². The highest BCUT2D eigenvalue weighted by Gasteiger charge is 2.33. The molecule has 3 unspecified atom stereocenters. The summed E-state index contributed by atoms with van der Waals surface area (Å²) in [6, 6.07) is 3.37. The van der Waals surface area contributed by atoms with Gasteiger partial charge in [0.1, 0.15) is 12.6 Å². The predicted molar refractivity (Wildman–Crippen MR) is 179 cm³/mol. The normalized spacial score (nSPS) is 17.9. The Morgan fingerprint density at radius 2 is 1.79 bits per heavy atom. The van der Waals surface area contributed by atoms with E-state index in [1.807, 2.05) is 84.9 Å². The zero-order valence-corrected chi connectivity index (χ0v) is 28.5. The molecule has 0 bridgehead atoms. The molecule has 0 spiro atoms. The summed E-state index contributed by atoms with van der Waals surface area (Å²) in [6.45, 7) is 21.1. The summed E-state index contributed by atoms with van der Waals surface area (Å²) in [5.74, 6) is 1.18. The maximum atomic E-state index is 11.4. The number of amides is 1. The first-order chi connectivity index (χ1) is 20.0. The predicted octanol–water partition coefficient (Wildman–Crippen LogP) is 5.81. The number of aldehydes is 2. The van der Waals surface area contributed by atoms with Crippen LogP contribution >= 0.6 is 11.3 Å². The molecule has 2 aromatic rings. The van der Waals surface area contributed by atoms with Crippen LogP contribution in [0.3, 0.4) is 0 Å². The molecule has 5 N–H and O–H groups in total. The lowest BCUT2D eigenvalue weighted by Crippen LogP contribution is -2.37. The summed E-state index contributed by atoms with van der Waals surface area (Å²) in [6.07, 6.45) is 7.54. The zero-order chi connectivity index (χ0) is 33.3. The van der Waals surface area contributed by atoms with Crippen molar-refractivity contribution in [2.24, 2.45) is 28.7 Å². The number of nitrogens with one attached hydrogen (secondary N) is 1. The Morgan fingerprint density at radius 3 is 2.10 bits per heavy atom. The Morgan fingerprint density at radius 1 is 1.19 bits per heavy atom. The number of carbonyl (C=O) groups is 3. The van der Waals surface area contributed by atoms with Crippen molar-refractivity contribution in [2.75, 3.05) is 27.2 Å². The average molecular weight is 611 g/mol. The molecule has 10 heteroatoms. The quantitative estimate of drug-likeness (QED) is 0.276. The molecule has 2 fully saturated rings. The van der Waals surface area contributed by atoms with Crippen molar-refractivity contribution in [3.63, 3.8) is 0 Å². The molecule has 1 saturated carbocycles. The lowest BCUT2D eigenvalue weighted by molar-refractivity contribution is -0.121. The van der Waals surface area contributed by atoms with E-state index in [1.165, 1.54) is 24.5 Å². The number of allylic oxidation sites excluding steroid dienone is 1. The van der Waals surface area contributed by atoms with Crippen molar-refractivity contribution in [1.82, 2.24) is 9.88 Å². The van der Waals surface area contributed by atoms with Gasteiger partial charge in [0.05, 0.1) is 22.9 Å². The standard InChI is InChI=1S/C9H9NO2S.C6H12N2O.C6H8O.C6H12O.2C2H6.CH5N/c1-2-12-8-5-7(11)9-6(10-8)3-4-13-9;1-8-4-2-3-5(8)6(7)9;1-2-5-3-6(5)4-7;1-6(2,3)4-5-7;3*1-2/h3-5H,2H2,1H3,(H,10,11);5H,2-4H2,1H3,(H2,7,9);2,4-6H,1,3H2;5H,4H2,1-3H3;2*1-2H3;2H2,1H3. The number of hydrogen-bond donors (Lipinski definition) is 3. The lowest BCUT2D eigenvalue weighted by Gasteiger charge is -2.14. The van der Waals surface area contributed by atoms with E-state index in [-0.39, 0.29) is 22.8 Å². The van der Waals surface area contributed by atoms with Crippen LogP contribution < -0.4 is 21.6 Å². The number of aromatic nitrogens is 1. The van der Waals surface area contributed by atoms with Crippen LogP contribution in [0.15, 0.2) is 35.0 Å². The van der Waals surface area contributed by atoms with E-state index >= 15 is 0 Å². The number of aromatic amines is 1. The SMILES string of the molecule is C=CC1CC1C=O.CC.CC.CC(C)(C)CC=O.CCOc1cc(=O)c2sccc2[nH]1.CN.CN1CCCC1C(N)=O. The number of nitrogens with zero attached hydrogens (tertiary/aromatic N) is 1. The molecule has 2 aromatic heterocycles. The van der Waals surface area contributed by atoms with Crippen molar-refractivity contribution in [1.29, 1.82) is 0 Å². The van der Waals surface area contributed by atoms with E-state index < -0.39 is 0 Å². The number of rotatable bonds is 6. The number of fused-ring (bicyclic) bond motifs is 1. The highest BCUT2D eigenvalue weighted by atomic mass is 32.1. The molecule has 2 aliphatic rings. The van der Waals surface area contributed by atoms with Gasteiger partial charge in [-0.2, -0.15) is 0 Å². The molecule has 0 aromatic carbocycles. The number of primary amides is 1. The second kappa shape index (κ2) is 25.9. The van der Waals surface area contributed by atoms with Crippen molar-refractivity contribution in [2.45, 2.75) is 87.1 Å². The molecule has 0 radical (unpaired) electrons. The van der Waals surface area contributed by atoms with Gasteiger partial charge in [0.25, 0.3) is 0 Å². The van der Waals surface area contributed by atoms with Crippen molar-refractivity contribution in [3.05, 3.63) is 40.4 Å². The van der Waals surface area contributed by atoms with Crippen molar-refractivity contribution < 1.29 is 19.1 Å². The molecule has 1 aliphatic carbocycles. The number of likely N-dealkylation sites (tertiary alicyclic amines) is 1. The van der Waals surface area contributed by atoms with E-state index in [9.17, 15) is 19.2 Å². The second-order valence-electron chi connectivity index (χ2n) is 10.0. The van der Waals surface area contributed by atoms with Crippen molar-refractivity contribution >= 4 is 40.0 Å². The van der Waals surface area contributed by atoms with Gasteiger partial charge in [-0.25, -0.2) is 0 Å². The lowest BCUT2D eigenvalue weighted by atomic mass is 9.93. The van der Waals surface area contributed by atoms with Gasteiger partial charge in [-0.3, -0.25) is 14.5 Å². The Labute approximate surface area is 258 Å². The van der Waals surface area contributed by atoms with Gasteiger partial charge in [-0.15, -0.1) is 17.9 Å². The van der Waals surface area contributed by atoms with Crippen LogP contribution in [-0.2, 0) is 14.4 Å². The summed E-state index contributed by atoms with van der Waals surface area (Å²) in [4.78, 5) is 46.8. The van der Waals surface area contributed by atoms with Gasteiger partial charge in [0, 0.05) is 18.4 Å². The molecule has 4 rings (SSSR count). The number of hydrogen-bond acceptors (Lipinski definition) is 8. The minimum absolute atomic E-state index is 0.00463. The van der Waals surface area contributed by atoms with Gasteiger partial charge in [0.2, 0.25) is 11.3 Å². The van der Waals surface area contributed by atoms with E-state index in [4.69, 9.17) is 10.5 Å². The summed E-state index contributed by atoms with van der Waals surface area (Å²) in [5, 5.41) is 1.89. The Balaban J connectivity index is -0.000000469. The number of H-pyrrole nitrogens is 1. The fourth-order valence-corrected chi connectivity index (χ4v) is 4.13. The third-order valence-corrected chi connectivity index (χ3v) is 6.55. The molecule has 1 aliphatic heterocycles. The largest absolute Gasteiger partial charge is 0.479 e. The second-order valence-corrected chi connectivity index (χ2v) is 10.9. The highest BCUT2D eigenvalue weighted by molar-refractivity contribution is 7.17. The van der Waals surface area contributed by atoms with Crippen LogP contribution in [0.5, 0.6) is 5.88 Å². The van der Waals surface area contributed by atoms with Crippen LogP contribution in [-0.4, -0.2) is 61.7 Å². The average Bonchev–Trinajstić information content (AvgIpc) is 3.33. The molecule has 1 saturated heterocycles. The number of carbonyl (C=O) groups excluding carboxylic acids is 3. The van der Waals surface area contributed by atoms with Gasteiger partial charge in [-0.05, 0) is 69.6 Å². The zero-order valence-electron chi connectivity index (χ0n) is 27.7. The monoisotopic (exact) mass is 610 g/mol. The van der Waals surface area contributed by atoms with Gasteiger partial charge in [0.15, 0.2) is 5.88 Å². The Kier molecular flexibility index (Phi) is 26.9. The number of thiophene rings is 1. The van der Waals surface area contributed by atoms with Crippen LogP contribution in [0, 0.1) is 17.3 Å². The summed E-state index contributed by atoms with van der Waals surface area (Å²) >= 11 is 1.44. The summed E-state index contributed by atoms with van der Waals surface area (Å²) in [5.41, 5.74) is 10.7. The topological polar surface area (TPSA) is 149 Å². The summed E-state index contributed by atoms with van der Waals surface area (Å²) in [7, 11) is 3.43. The highest BCUT2D eigenvalue weighted by Crippen LogP contribution is 2.36. The van der Waals surface area contributed by atoms with Crippen LogP contribution in [0.1, 0.15) is 81.1 Å². The maximum Gasteiger partial charge on any atom is 0.234 e. The minimum atomic E-state index is -0.185. The maximum absolute atomic E-state index is 11.4. The van der Waals surface area contributed by atoms with E-state index in [2.05, 4.69) is 17.3 Å². The smallest absolute Gasteiger partial charge is 0.234 e. The summed E-state index contributed by atoms with van der Waals surface area (Å²) < 4.78 is 5.97. The fourth-order valence-electron chi connectivity index (χ4n) is 3.37. The number of ether oxygens (including phenoxy) is 1. The molecule has 242 valence electrons.